The largest absolute Gasteiger partial charge is 0.378 e. The molecule has 1 atom stereocenters. The Morgan fingerprint density at radius 2 is 2.00 bits per heavy atom. The van der Waals surface area contributed by atoms with E-state index in [-0.39, 0.29) is 6.10 Å². The minimum absolute atomic E-state index is 0.227. The smallest absolute Gasteiger partial charge is 0.0870 e. The summed E-state index contributed by atoms with van der Waals surface area (Å²) in [5.74, 6) is 0. The van der Waals surface area contributed by atoms with Crippen molar-refractivity contribution in [2.24, 2.45) is 0 Å². The number of hydrogen-bond donors (Lipinski definition) is 1. The molecule has 0 aliphatic rings. The lowest BCUT2D eigenvalue weighted by Gasteiger charge is -2.27. The molecule has 0 amide bonds. The third-order valence-electron chi connectivity index (χ3n) is 2.69. The van der Waals surface area contributed by atoms with E-state index in [2.05, 4.69) is 41.4 Å². The summed E-state index contributed by atoms with van der Waals surface area (Å²) >= 11 is 0. The Kier molecular flexibility index (Phi) is 5.90. The van der Waals surface area contributed by atoms with Crippen molar-refractivity contribution in [3.63, 3.8) is 0 Å². The van der Waals surface area contributed by atoms with Crippen LogP contribution < -0.4 is 10.2 Å². The molecule has 1 aromatic carbocycles. The number of nitrogens with zero attached hydrogens (tertiary/aromatic N) is 1. The second-order valence-corrected chi connectivity index (χ2v) is 3.79. The first-order chi connectivity index (χ1) is 7.81. The summed E-state index contributed by atoms with van der Waals surface area (Å²) in [6.45, 7) is 4.95. The molecule has 0 bridgehead atoms. The maximum atomic E-state index is 5.44. The Bertz CT molecular complexity index is 277. The lowest BCUT2D eigenvalue weighted by atomic mass is 10.2. The predicted molar refractivity (Wildman–Crippen MR) is 69.1 cm³/mol. The highest BCUT2D eigenvalue weighted by molar-refractivity contribution is 5.45. The van der Waals surface area contributed by atoms with Gasteiger partial charge in [-0.25, -0.2) is 0 Å². The van der Waals surface area contributed by atoms with Crippen LogP contribution in [-0.2, 0) is 4.74 Å². The van der Waals surface area contributed by atoms with Gasteiger partial charge in [-0.05, 0) is 26.1 Å². The Labute approximate surface area is 98.4 Å². The Morgan fingerprint density at radius 1 is 1.31 bits per heavy atom. The second-order valence-electron chi connectivity index (χ2n) is 3.79. The van der Waals surface area contributed by atoms with Crippen molar-refractivity contribution in [3.05, 3.63) is 30.3 Å². The van der Waals surface area contributed by atoms with Crippen molar-refractivity contribution in [2.75, 3.05) is 38.7 Å². The molecule has 16 heavy (non-hydrogen) atoms. The molecule has 0 aliphatic carbocycles. The first kappa shape index (κ1) is 13.0. The van der Waals surface area contributed by atoms with E-state index in [1.54, 1.807) is 7.11 Å². The van der Waals surface area contributed by atoms with Gasteiger partial charge in [-0.3, -0.25) is 0 Å². The third kappa shape index (κ3) is 3.83. The number of rotatable bonds is 7. The monoisotopic (exact) mass is 222 g/mol. The van der Waals surface area contributed by atoms with Gasteiger partial charge in [-0.2, -0.15) is 0 Å². The van der Waals surface area contributed by atoms with Gasteiger partial charge in [0, 0.05) is 32.4 Å². The number of methoxy groups -OCH3 is 1. The molecule has 1 N–H and O–H groups in total. The van der Waals surface area contributed by atoms with E-state index in [1.807, 2.05) is 13.1 Å². The zero-order valence-corrected chi connectivity index (χ0v) is 10.4. The van der Waals surface area contributed by atoms with Gasteiger partial charge in [0.2, 0.25) is 0 Å². The zero-order chi connectivity index (χ0) is 11.8. The Morgan fingerprint density at radius 3 is 2.50 bits per heavy atom. The maximum Gasteiger partial charge on any atom is 0.0870 e. The number of anilines is 1. The fraction of sp³-hybridized carbons (Fsp3) is 0.538. The Hall–Kier alpha value is -1.06. The molecule has 0 fully saturated rings. The lowest BCUT2D eigenvalue weighted by molar-refractivity contribution is 0.108. The van der Waals surface area contributed by atoms with Gasteiger partial charge >= 0.3 is 0 Å². The van der Waals surface area contributed by atoms with Gasteiger partial charge in [-0.15, -0.1) is 0 Å². The van der Waals surface area contributed by atoms with Crippen LogP contribution in [0.15, 0.2) is 30.3 Å². The van der Waals surface area contributed by atoms with Crippen molar-refractivity contribution in [3.8, 4) is 0 Å². The van der Waals surface area contributed by atoms with Crippen molar-refractivity contribution in [1.29, 1.82) is 0 Å². The molecule has 1 rings (SSSR count). The minimum atomic E-state index is 0.227. The van der Waals surface area contributed by atoms with Crippen molar-refractivity contribution in [2.45, 2.75) is 13.0 Å². The van der Waals surface area contributed by atoms with Crippen LogP contribution >= 0.6 is 0 Å². The number of hydrogen-bond acceptors (Lipinski definition) is 3. The first-order valence-electron chi connectivity index (χ1n) is 5.79. The van der Waals surface area contributed by atoms with Gasteiger partial charge in [0.25, 0.3) is 0 Å². The molecule has 1 unspecified atom stereocenters. The molecule has 0 aliphatic heterocycles. The molecular weight excluding hydrogens is 200 g/mol. The van der Waals surface area contributed by atoms with Crippen LogP contribution in [0, 0.1) is 0 Å². The predicted octanol–water partition coefficient (Wildman–Crippen LogP) is 1.75. The number of likely N-dealkylation sites (N-methyl/N-ethyl adjacent to an activating group) is 2. The number of benzene rings is 1. The fourth-order valence-electron chi connectivity index (χ4n) is 1.75. The average molecular weight is 222 g/mol. The normalized spacial score (nSPS) is 12.4. The van der Waals surface area contributed by atoms with Crippen LogP contribution in [0.2, 0.25) is 0 Å². The molecule has 0 radical (unpaired) electrons. The highest BCUT2D eigenvalue weighted by Crippen LogP contribution is 2.13. The van der Waals surface area contributed by atoms with E-state index in [9.17, 15) is 0 Å². The molecule has 3 heteroatoms. The summed E-state index contributed by atoms with van der Waals surface area (Å²) in [4.78, 5) is 2.32. The average Bonchev–Trinajstić information content (AvgIpc) is 2.35. The molecule has 0 spiro atoms. The molecule has 0 saturated carbocycles. The number of para-hydroxylation sites is 1. The standard InChI is InChI=1S/C13H22N2O/c1-4-15(11-13(16-3)10-14-2)12-8-6-5-7-9-12/h5-9,13-14H,4,10-11H2,1-3H3. The van der Waals surface area contributed by atoms with E-state index in [4.69, 9.17) is 4.74 Å². The highest BCUT2D eigenvalue weighted by atomic mass is 16.5. The van der Waals surface area contributed by atoms with Crippen LogP contribution in [0.1, 0.15) is 6.92 Å². The van der Waals surface area contributed by atoms with Crippen LogP contribution in [0.25, 0.3) is 0 Å². The van der Waals surface area contributed by atoms with Crippen LogP contribution in [-0.4, -0.2) is 39.9 Å². The van der Waals surface area contributed by atoms with Gasteiger partial charge in [-0.1, -0.05) is 18.2 Å². The molecular formula is C13H22N2O. The molecule has 3 nitrogen and oxygen atoms in total. The number of nitrogens with one attached hydrogen (secondary N) is 1. The van der Waals surface area contributed by atoms with Gasteiger partial charge in [0.15, 0.2) is 0 Å². The van der Waals surface area contributed by atoms with E-state index in [0.29, 0.717) is 0 Å². The lowest BCUT2D eigenvalue weighted by Crippen LogP contribution is -2.38. The molecule has 0 heterocycles. The fourth-order valence-corrected chi connectivity index (χ4v) is 1.75. The van der Waals surface area contributed by atoms with Gasteiger partial charge < -0.3 is 15.0 Å². The van der Waals surface area contributed by atoms with E-state index < -0.39 is 0 Å². The van der Waals surface area contributed by atoms with Gasteiger partial charge in [0.1, 0.15) is 0 Å². The summed E-state index contributed by atoms with van der Waals surface area (Å²) in [5, 5.41) is 3.15. The summed E-state index contributed by atoms with van der Waals surface area (Å²) < 4.78 is 5.44. The maximum absolute atomic E-state index is 5.44. The molecule has 0 saturated heterocycles. The van der Waals surface area contributed by atoms with Crippen LogP contribution in [0.5, 0.6) is 0 Å². The van der Waals surface area contributed by atoms with E-state index in [0.717, 1.165) is 19.6 Å². The Balaban J connectivity index is 2.61. The summed E-state index contributed by atoms with van der Waals surface area (Å²) in [6, 6.07) is 10.4. The zero-order valence-electron chi connectivity index (χ0n) is 10.4. The highest BCUT2D eigenvalue weighted by Gasteiger charge is 2.11. The molecule has 1 aromatic rings. The molecule has 0 aromatic heterocycles. The second kappa shape index (κ2) is 7.25. The van der Waals surface area contributed by atoms with Crippen LogP contribution in [0.4, 0.5) is 5.69 Å². The summed E-state index contributed by atoms with van der Waals surface area (Å²) in [6.07, 6.45) is 0.227. The van der Waals surface area contributed by atoms with Crippen molar-refractivity contribution < 1.29 is 4.74 Å². The number of ether oxygens (including phenoxy) is 1. The first-order valence-corrected chi connectivity index (χ1v) is 5.79. The SMILES string of the molecule is CCN(CC(CNC)OC)c1ccccc1. The van der Waals surface area contributed by atoms with Crippen LogP contribution in [0.3, 0.4) is 0 Å². The van der Waals surface area contributed by atoms with E-state index in [1.165, 1.54) is 5.69 Å². The van der Waals surface area contributed by atoms with Gasteiger partial charge in [0.05, 0.1) is 6.10 Å². The summed E-state index contributed by atoms with van der Waals surface area (Å²) in [7, 11) is 3.71. The van der Waals surface area contributed by atoms with Crippen molar-refractivity contribution in [1.82, 2.24) is 5.32 Å². The van der Waals surface area contributed by atoms with Crippen molar-refractivity contribution >= 4 is 5.69 Å². The molecule has 90 valence electrons. The summed E-state index contributed by atoms with van der Waals surface area (Å²) in [5.41, 5.74) is 1.25. The topological polar surface area (TPSA) is 24.5 Å². The van der Waals surface area contributed by atoms with E-state index >= 15 is 0 Å². The minimum Gasteiger partial charge on any atom is -0.378 e. The quantitative estimate of drug-likeness (QED) is 0.760. The third-order valence-corrected chi connectivity index (χ3v) is 2.69.